The second-order valence-corrected chi connectivity index (χ2v) is 11.3. The highest BCUT2D eigenvalue weighted by Crippen LogP contribution is 2.23. The van der Waals surface area contributed by atoms with Crippen molar-refractivity contribution in [2.45, 2.75) is 58.2 Å². The molecule has 1 aromatic heterocycles. The van der Waals surface area contributed by atoms with Crippen LogP contribution in [0.25, 0.3) is 11.0 Å². The lowest BCUT2D eigenvalue weighted by Gasteiger charge is -2.32. The van der Waals surface area contributed by atoms with Gasteiger partial charge in [-0.15, -0.1) is 0 Å². The molecular formula is C30H36FN7O4. The van der Waals surface area contributed by atoms with E-state index in [1.165, 1.54) is 26.7 Å². The molecule has 1 fully saturated rings. The number of nitrogens with one attached hydrogen (secondary N) is 2. The zero-order valence-corrected chi connectivity index (χ0v) is 23.9. The lowest BCUT2D eigenvalue weighted by atomic mass is 10.0. The molecular weight excluding hydrogens is 541 g/mol. The van der Waals surface area contributed by atoms with Crippen LogP contribution in [0.15, 0.2) is 42.5 Å². The minimum Gasteiger partial charge on any atom is -0.355 e. The van der Waals surface area contributed by atoms with Crippen LogP contribution < -0.4 is 10.6 Å². The van der Waals surface area contributed by atoms with Crippen molar-refractivity contribution in [2.24, 2.45) is 5.92 Å². The van der Waals surface area contributed by atoms with Gasteiger partial charge in [0.25, 0.3) is 5.91 Å². The maximum Gasteiger partial charge on any atom is 0.257 e. The monoisotopic (exact) mass is 577 g/mol. The molecule has 0 aliphatic carbocycles. The molecule has 222 valence electrons. The zero-order valence-electron chi connectivity index (χ0n) is 23.9. The van der Waals surface area contributed by atoms with Gasteiger partial charge in [0.1, 0.15) is 29.4 Å². The normalized spacial score (nSPS) is 20.8. The molecule has 4 amide bonds. The second kappa shape index (κ2) is 12.7. The van der Waals surface area contributed by atoms with E-state index in [0.29, 0.717) is 49.8 Å². The highest BCUT2D eigenvalue weighted by atomic mass is 19.1. The maximum absolute atomic E-state index is 14.8. The van der Waals surface area contributed by atoms with E-state index in [0.717, 1.165) is 5.56 Å². The number of benzene rings is 2. The zero-order chi connectivity index (χ0) is 29.8. The molecule has 0 spiro atoms. The minimum absolute atomic E-state index is 0.0578. The molecule has 0 radical (unpaired) electrons. The highest BCUT2D eigenvalue weighted by Gasteiger charge is 2.37. The fourth-order valence-electron chi connectivity index (χ4n) is 5.47. The number of halogens is 1. The van der Waals surface area contributed by atoms with Crippen LogP contribution in [-0.4, -0.2) is 86.7 Å². The first kappa shape index (κ1) is 29.2. The fourth-order valence-corrected chi connectivity index (χ4v) is 5.47. The van der Waals surface area contributed by atoms with Crippen molar-refractivity contribution in [3.8, 4) is 0 Å². The van der Waals surface area contributed by atoms with Gasteiger partial charge in [-0.05, 0) is 61.4 Å². The maximum atomic E-state index is 14.8. The Balaban J connectivity index is 1.40. The number of aryl methyl sites for hydroxylation is 1. The van der Waals surface area contributed by atoms with Crippen LogP contribution >= 0.6 is 0 Å². The van der Waals surface area contributed by atoms with E-state index in [2.05, 4.69) is 20.8 Å². The van der Waals surface area contributed by atoms with Crippen LogP contribution in [0.1, 0.15) is 49.0 Å². The lowest BCUT2D eigenvalue weighted by Crippen LogP contribution is -2.55. The van der Waals surface area contributed by atoms with Gasteiger partial charge in [0.05, 0.1) is 12.1 Å². The molecule has 1 saturated heterocycles. The topological polar surface area (TPSA) is 130 Å². The van der Waals surface area contributed by atoms with Gasteiger partial charge in [-0.3, -0.25) is 19.2 Å². The lowest BCUT2D eigenvalue weighted by molar-refractivity contribution is -0.138. The number of amides is 4. The average molecular weight is 578 g/mol. The van der Waals surface area contributed by atoms with Gasteiger partial charge < -0.3 is 20.4 Å². The summed E-state index contributed by atoms with van der Waals surface area (Å²) in [5.41, 5.74) is 2.01. The molecule has 11 nitrogen and oxygen atoms in total. The Hall–Kier alpha value is -4.35. The Kier molecular flexibility index (Phi) is 8.79. The third-order valence-corrected chi connectivity index (χ3v) is 7.88. The van der Waals surface area contributed by atoms with E-state index in [4.69, 9.17) is 0 Å². The number of aromatic nitrogens is 3. The third kappa shape index (κ3) is 6.58. The van der Waals surface area contributed by atoms with Gasteiger partial charge >= 0.3 is 0 Å². The van der Waals surface area contributed by atoms with Crippen LogP contribution in [0, 0.1) is 11.7 Å². The van der Waals surface area contributed by atoms with Crippen molar-refractivity contribution in [1.29, 1.82) is 0 Å². The largest absolute Gasteiger partial charge is 0.355 e. The first-order valence-electron chi connectivity index (χ1n) is 14.4. The standard InChI is InChI=1S/C30H36FN7O4/c1-19(2)25-16-36(28(40)18-38-34-23-8-3-4-9-24(23)35-38)17-27(39)32-13-5-7-20-11-12-22(31)21(15-20)30(42)37-14-6-10-26(37)29(41)33-25/h3-4,8-9,11-12,15,19,25-26H,5-7,10,13-14,16-18H2,1-2H3,(H,32,39)(H,33,41)/t25-,26-/m0/s1. The molecule has 3 heterocycles. The van der Waals surface area contributed by atoms with Crippen LogP contribution in [0.2, 0.25) is 0 Å². The summed E-state index contributed by atoms with van der Waals surface area (Å²) in [7, 11) is 0. The van der Waals surface area contributed by atoms with E-state index in [1.54, 1.807) is 18.2 Å². The van der Waals surface area contributed by atoms with Crippen molar-refractivity contribution in [3.05, 3.63) is 59.4 Å². The Morgan fingerprint density at radius 3 is 2.52 bits per heavy atom. The van der Waals surface area contributed by atoms with Gasteiger partial charge in [0, 0.05) is 25.7 Å². The summed E-state index contributed by atoms with van der Waals surface area (Å²) in [5, 5.41) is 14.6. The first-order chi connectivity index (χ1) is 20.2. The van der Waals surface area contributed by atoms with E-state index >= 15 is 0 Å². The molecule has 42 heavy (non-hydrogen) atoms. The average Bonchev–Trinajstić information content (AvgIpc) is 3.61. The number of nitrogens with zero attached hydrogens (tertiary/aromatic N) is 5. The van der Waals surface area contributed by atoms with Crippen LogP contribution in [-0.2, 0) is 27.3 Å². The fraction of sp³-hybridized carbons (Fsp3) is 0.467. The van der Waals surface area contributed by atoms with Crippen molar-refractivity contribution >= 4 is 34.7 Å². The molecule has 2 aliphatic heterocycles. The Morgan fingerprint density at radius 2 is 1.81 bits per heavy atom. The molecule has 0 saturated carbocycles. The minimum atomic E-state index is -0.759. The first-order valence-corrected chi connectivity index (χ1v) is 14.4. The quantitative estimate of drug-likeness (QED) is 0.489. The molecule has 0 unspecified atom stereocenters. The van der Waals surface area contributed by atoms with Crippen molar-refractivity contribution in [1.82, 2.24) is 35.4 Å². The predicted molar refractivity (Wildman–Crippen MR) is 153 cm³/mol. The Morgan fingerprint density at radius 1 is 1.07 bits per heavy atom. The molecule has 2 aliphatic rings. The van der Waals surface area contributed by atoms with Gasteiger partial charge in [-0.25, -0.2) is 4.39 Å². The van der Waals surface area contributed by atoms with Crippen molar-refractivity contribution in [2.75, 3.05) is 26.2 Å². The summed E-state index contributed by atoms with van der Waals surface area (Å²) in [5.74, 6) is -2.31. The SMILES string of the molecule is CC(C)[C@@H]1CN(C(=O)Cn2nc3ccccc3n2)CC(=O)NCCCc2ccc(F)c(c2)C(=O)N2CCC[C@H]2C(=O)N1. The molecule has 12 heteroatoms. The van der Waals surface area contributed by atoms with E-state index in [-0.39, 0.29) is 48.8 Å². The van der Waals surface area contributed by atoms with E-state index in [9.17, 15) is 23.6 Å². The third-order valence-electron chi connectivity index (χ3n) is 7.88. The van der Waals surface area contributed by atoms with Gasteiger partial charge in [-0.2, -0.15) is 15.0 Å². The molecule has 2 bridgehead atoms. The summed E-state index contributed by atoms with van der Waals surface area (Å²) in [4.78, 5) is 57.6. The summed E-state index contributed by atoms with van der Waals surface area (Å²) in [6, 6.07) is 10.4. The number of hydrogen-bond donors (Lipinski definition) is 2. The second-order valence-electron chi connectivity index (χ2n) is 11.3. The van der Waals surface area contributed by atoms with Crippen LogP contribution in [0.3, 0.4) is 0 Å². The van der Waals surface area contributed by atoms with Crippen molar-refractivity contribution in [3.63, 3.8) is 0 Å². The van der Waals surface area contributed by atoms with Crippen LogP contribution in [0.5, 0.6) is 0 Å². The predicted octanol–water partition coefficient (Wildman–Crippen LogP) is 1.91. The molecule has 5 rings (SSSR count). The van der Waals surface area contributed by atoms with Crippen LogP contribution in [0.4, 0.5) is 4.39 Å². The molecule has 2 aromatic carbocycles. The summed E-state index contributed by atoms with van der Waals surface area (Å²) in [6.45, 7) is 4.22. The number of hydrogen-bond acceptors (Lipinski definition) is 6. The number of carbonyl (C=O) groups excluding carboxylic acids is 4. The van der Waals surface area contributed by atoms with Gasteiger partial charge in [-0.1, -0.05) is 32.0 Å². The van der Waals surface area contributed by atoms with Gasteiger partial charge in [0.2, 0.25) is 17.7 Å². The number of fused-ring (bicyclic) bond motifs is 4. The molecule has 2 N–H and O–H groups in total. The summed E-state index contributed by atoms with van der Waals surface area (Å²) < 4.78 is 14.8. The number of rotatable bonds is 3. The summed E-state index contributed by atoms with van der Waals surface area (Å²) in [6.07, 6.45) is 2.14. The van der Waals surface area contributed by atoms with E-state index in [1.807, 2.05) is 26.0 Å². The smallest absolute Gasteiger partial charge is 0.257 e. The van der Waals surface area contributed by atoms with Gasteiger partial charge in [0.15, 0.2) is 0 Å². The number of carbonyl (C=O) groups is 4. The Labute approximate surface area is 243 Å². The highest BCUT2D eigenvalue weighted by molar-refractivity contribution is 5.98. The summed E-state index contributed by atoms with van der Waals surface area (Å²) >= 11 is 0. The molecule has 2 atom stereocenters. The molecule has 3 aromatic rings. The van der Waals surface area contributed by atoms with E-state index < -0.39 is 23.8 Å². The Bertz CT molecular complexity index is 1460. The van der Waals surface area contributed by atoms with Crippen molar-refractivity contribution < 1.29 is 23.6 Å².